The van der Waals surface area contributed by atoms with Gasteiger partial charge in [-0.2, -0.15) is 0 Å². The molecule has 0 bridgehead atoms. The first-order valence-electron chi connectivity index (χ1n) is 7.56. The monoisotopic (exact) mass is 277 g/mol. The highest BCUT2D eigenvalue weighted by atomic mass is 16.5. The molecule has 0 radical (unpaired) electrons. The van der Waals surface area contributed by atoms with Gasteiger partial charge >= 0.3 is 0 Å². The number of piperidine rings is 1. The lowest BCUT2D eigenvalue weighted by molar-refractivity contribution is 0.114. The van der Waals surface area contributed by atoms with Crippen LogP contribution in [0, 0.1) is 5.92 Å². The van der Waals surface area contributed by atoms with E-state index in [1.54, 1.807) is 7.11 Å². The standard InChI is InChI=1S/C16H27N3O/c1-12(2)17-11-13-7-6-10-19(3)16(13)14-8-5-9-15(18-14)20-4/h5,8-9,12-13,16-17H,6-7,10-11H2,1-4H3. The first-order chi connectivity index (χ1) is 9.61. The molecule has 1 aliphatic rings. The fraction of sp³-hybridized carbons (Fsp3) is 0.688. The van der Waals surface area contributed by atoms with Gasteiger partial charge in [0.25, 0.3) is 0 Å². The number of rotatable bonds is 5. The molecular weight excluding hydrogens is 250 g/mol. The summed E-state index contributed by atoms with van der Waals surface area (Å²) in [5.41, 5.74) is 1.13. The molecule has 1 aromatic rings. The first-order valence-corrected chi connectivity index (χ1v) is 7.56. The predicted molar refractivity (Wildman–Crippen MR) is 82.0 cm³/mol. The molecule has 0 amide bonds. The SMILES string of the molecule is COc1cccc(C2C(CNC(C)C)CCCN2C)n1. The normalized spacial score (nSPS) is 24.1. The van der Waals surface area contributed by atoms with Crippen LogP contribution in [0.2, 0.25) is 0 Å². The lowest BCUT2D eigenvalue weighted by Crippen LogP contribution is -2.42. The molecule has 1 saturated heterocycles. The zero-order chi connectivity index (χ0) is 14.5. The quantitative estimate of drug-likeness (QED) is 0.897. The fourth-order valence-corrected chi connectivity index (χ4v) is 3.04. The maximum absolute atomic E-state index is 5.27. The Morgan fingerprint density at radius 1 is 1.45 bits per heavy atom. The molecule has 20 heavy (non-hydrogen) atoms. The van der Waals surface area contributed by atoms with Gasteiger partial charge in [-0.15, -0.1) is 0 Å². The summed E-state index contributed by atoms with van der Waals surface area (Å²) in [6.45, 7) is 6.59. The molecule has 2 heterocycles. The molecule has 1 aromatic heterocycles. The number of pyridine rings is 1. The number of likely N-dealkylation sites (tertiary alicyclic amines) is 1. The van der Waals surface area contributed by atoms with Crippen molar-refractivity contribution >= 4 is 0 Å². The second-order valence-corrected chi connectivity index (χ2v) is 6.00. The third-order valence-corrected chi connectivity index (χ3v) is 4.05. The van der Waals surface area contributed by atoms with Crippen LogP contribution >= 0.6 is 0 Å². The molecule has 1 aliphatic heterocycles. The molecule has 2 rings (SSSR count). The lowest BCUT2D eigenvalue weighted by atomic mass is 9.87. The third kappa shape index (κ3) is 3.70. The molecule has 0 aliphatic carbocycles. The van der Waals surface area contributed by atoms with Crippen molar-refractivity contribution in [3.05, 3.63) is 23.9 Å². The van der Waals surface area contributed by atoms with E-state index in [1.165, 1.54) is 12.8 Å². The van der Waals surface area contributed by atoms with Crippen molar-refractivity contribution < 1.29 is 4.74 Å². The van der Waals surface area contributed by atoms with Gasteiger partial charge in [-0.1, -0.05) is 19.9 Å². The van der Waals surface area contributed by atoms with Crippen molar-refractivity contribution in [3.63, 3.8) is 0 Å². The maximum atomic E-state index is 5.27. The summed E-state index contributed by atoms with van der Waals surface area (Å²) in [6, 6.07) is 6.98. The highest BCUT2D eigenvalue weighted by Gasteiger charge is 2.31. The summed E-state index contributed by atoms with van der Waals surface area (Å²) >= 11 is 0. The molecule has 2 unspecified atom stereocenters. The summed E-state index contributed by atoms with van der Waals surface area (Å²) in [6.07, 6.45) is 2.52. The summed E-state index contributed by atoms with van der Waals surface area (Å²) in [5, 5.41) is 3.58. The van der Waals surface area contributed by atoms with E-state index in [9.17, 15) is 0 Å². The molecule has 0 saturated carbocycles. The van der Waals surface area contributed by atoms with Gasteiger partial charge in [0.15, 0.2) is 0 Å². The Kier molecular flexibility index (Phi) is 5.38. The molecule has 2 atom stereocenters. The zero-order valence-electron chi connectivity index (χ0n) is 13.1. The van der Waals surface area contributed by atoms with E-state index in [1.807, 2.05) is 12.1 Å². The van der Waals surface area contributed by atoms with Crippen LogP contribution in [-0.2, 0) is 0 Å². The number of hydrogen-bond donors (Lipinski definition) is 1. The molecule has 4 heteroatoms. The summed E-state index contributed by atoms with van der Waals surface area (Å²) < 4.78 is 5.27. The molecular formula is C16H27N3O. The maximum Gasteiger partial charge on any atom is 0.213 e. The van der Waals surface area contributed by atoms with Crippen molar-refractivity contribution in [1.82, 2.24) is 15.2 Å². The van der Waals surface area contributed by atoms with Gasteiger partial charge in [0.1, 0.15) is 0 Å². The van der Waals surface area contributed by atoms with Crippen LogP contribution in [0.15, 0.2) is 18.2 Å². The van der Waals surface area contributed by atoms with E-state index in [0.29, 0.717) is 23.9 Å². The summed E-state index contributed by atoms with van der Waals surface area (Å²) in [7, 11) is 3.88. The average Bonchev–Trinajstić information content (AvgIpc) is 2.45. The van der Waals surface area contributed by atoms with Crippen molar-refractivity contribution in [1.29, 1.82) is 0 Å². The number of hydrogen-bond acceptors (Lipinski definition) is 4. The Balaban J connectivity index is 2.17. The first kappa shape index (κ1) is 15.3. The molecule has 112 valence electrons. The van der Waals surface area contributed by atoms with E-state index >= 15 is 0 Å². The topological polar surface area (TPSA) is 37.4 Å². The minimum Gasteiger partial charge on any atom is -0.481 e. The van der Waals surface area contributed by atoms with Crippen molar-refractivity contribution in [2.24, 2.45) is 5.92 Å². The van der Waals surface area contributed by atoms with Crippen LogP contribution in [-0.4, -0.2) is 43.2 Å². The number of methoxy groups -OCH3 is 1. The van der Waals surface area contributed by atoms with Crippen LogP contribution < -0.4 is 10.1 Å². The van der Waals surface area contributed by atoms with Gasteiger partial charge in [-0.25, -0.2) is 4.98 Å². The Morgan fingerprint density at radius 2 is 2.25 bits per heavy atom. The highest BCUT2D eigenvalue weighted by molar-refractivity contribution is 5.19. The van der Waals surface area contributed by atoms with Crippen LogP contribution in [0.5, 0.6) is 5.88 Å². The van der Waals surface area contributed by atoms with E-state index < -0.39 is 0 Å². The zero-order valence-corrected chi connectivity index (χ0v) is 13.1. The molecule has 1 N–H and O–H groups in total. The summed E-state index contributed by atoms with van der Waals surface area (Å²) in [5.74, 6) is 1.31. The second-order valence-electron chi connectivity index (χ2n) is 6.00. The van der Waals surface area contributed by atoms with Crippen molar-refractivity contribution in [2.45, 2.75) is 38.8 Å². The Hall–Kier alpha value is -1.13. The third-order valence-electron chi connectivity index (χ3n) is 4.05. The van der Waals surface area contributed by atoms with Crippen molar-refractivity contribution in [2.75, 3.05) is 27.2 Å². The van der Waals surface area contributed by atoms with Crippen molar-refractivity contribution in [3.8, 4) is 5.88 Å². The number of nitrogens with zero attached hydrogens (tertiary/aromatic N) is 2. The average molecular weight is 277 g/mol. The minimum atomic E-state index is 0.380. The summed E-state index contributed by atoms with van der Waals surface area (Å²) in [4.78, 5) is 7.08. The van der Waals surface area contributed by atoms with Crippen LogP contribution in [0.1, 0.15) is 38.4 Å². The number of nitrogens with one attached hydrogen (secondary N) is 1. The van der Waals surface area contributed by atoms with Crippen LogP contribution in [0.3, 0.4) is 0 Å². The van der Waals surface area contributed by atoms with Gasteiger partial charge in [0, 0.05) is 18.7 Å². The molecule has 1 fully saturated rings. The molecule has 4 nitrogen and oxygen atoms in total. The van der Waals surface area contributed by atoms with E-state index in [0.717, 1.165) is 18.8 Å². The highest BCUT2D eigenvalue weighted by Crippen LogP contribution is 2.34. The van der Waals surface area contributed by atoms with E-state index in [4.69, 9.17) is 4.74 Å². The van der Waals surface area contributed by atoms with Gasteiger partial charge in [0.05, 0.1) is 18.8 Å². The Labute approximate surface area is 122 Å². The molecule has 0 spiro atoms. The van der Waals surface area contributed by atoms with Gasteiger partial charge < -0.3 is 10.1 Å². The number of aromatic nitrogens is 1. The fourth-order valence-electron chi connectivity index (χ4n) is 3.04. The second kappa shape index (κ2) is 7.04. The minimum absolute atomic E-state index is 0.380. The number of ether oxygens (including phenoxy) is 1. The molecule has 0 aromatic carbocycles. The van der Waals surface area contributed by atoms with Crippen LogP contribution in [0.25, 0.3) is 0 Å². The predicted octanol–water partition coefficient (Wildman–Crippen LogP) is 2.47. The van der Waals surface area contributed by atoms with Gasteiger partial charge in [0.2, 0.25) is 5.88 Å². The largest absolute Gasteiger partial charge is 0.481 e. The van der Waals surface area contributed by atoms with Crippen LogP contribution in [0.4, 0.5) is 0 Å². The smallest absolute Gasteiger partial charge is 0.213 e. The van der Waals surface area contributed by atoms with E-state index in [-0.39, 0.29) is 0 Å². The van der Waals surface area contributed by atoms with E-state index in [2.05, 4.69) is 42.2 Å². The van der Waals surface area contributed by atoms with Gasteiger partial charge in [-0.05, 0) is 38.4 Å². The Bertz CT molecular complexity index is 422. The van der Waals surface area contributed by atoms with Gasteiger partial charge in [-0.3, -0.25) is 4.90 Å². The lowest BCUT2D eigenvalue weighted by Gasteiger charge is -2.39. The Morgan fingerprint density at radius 3 is 2.95 bits per heavy atom.